The number of likely N-dealkylation sites (tertiary alicyclic amines) is 1. The lowest BCUT2D eigenvalue weighted by atomic mass is 10.1. The molecule has 0 spiro atoms. The van der Waals surface area contributed by atoms with Crippen LogP contribution in [0.5, 0.6) is 5.75 Å². The van der Waals surface area contributed by atoms with Crippen molar-refractivity contribution in [3.05, 3.63) is 59.2 Å². The summed E-state index contributed by atoms with van der Waals surface area (Å²) < 4.78 is 48.0. The van der Waals surface area contributed by atoms with Crippen molar-refractivity contribution in [3.63, 3.8) is 0 Å². The molecule has 3 unspecified atom stereocenters. The lowest BCUT2D eigenvalue weighted by Crippen LogP contribution is -2.42. The summed E-state index contributed by atoms with van der Waals surface area (Å²) in [5.74, 6) is 0.258. The third-order valence-electron chi connectivity index (χ3n) is 6.59. The van der Waals surface area contributed by atoms with Crippen molar-refractivity contribution < 1.29 is 27.1 Å². The molecule has 36 heavy (non-hydrogen) atoms. The first-order chi connectivity index (χ1) is 17.2. The number of para-hydroxylation sites is 2. The second kappa shape index (κ2) is 8.51. The maximum atomic E-state index is 13.7. The minimum Gasteiger partial charge on any atom is -0.424 e. The maximum absolute atomic E-state index is 13.7. The molecule has 2 aromatic carbocycles. The van der Waals surface area contributed by atoms with Crippen LogP contribution in [-0.2, 0) is 0 Å². The lowest BCUT2D eigenvalue weighted by Gasteiger charge is -2.27. The van der Waals surface area contributed by atoms with Crippen LogP contribution < -0.4 is 10.1 Å². The van der Waals surface area contributed by atoms with E-state index < -0.39 is 6.36 Å². The number of rotatable bonds is 6. The molecule has 2 aromatic heterocycles. The van der Waals surface area contributed by atoms with Gasteiger partial charge in [-0.3, -0.25) is 4.79 Å². The molecule has 0 bridgehead atoms. The summed E-state index contributed by atoms with van der Waals surface area (Å²) in [6.07, 6.45) is -3.74. The summed E-state index contributed by atoms with van der Waals surface area (Å²) in [4.78, 5) is 25.0. The fourth-order valence-corrected chi connectivity index (χ4v) is 5.85. The van der Waals surface area contributed by atoms with E-state index in [1.807, 2.05) is 29.2 Å². The SMILES string of the molecule is Cc1nc(C(=O)N2CC3CC3C2CNc2nc3ccccc3o2)c(-c2cccc(OC(F)(F)F)c2)s1. The first-order valence-electron chi connectivity index (χ1n) is 11.5. The van der Waals surface area contributed by atoms with Crippen LogP contribution in [0.4, 0.5) is 19.2 Å². The van der Waals surface area contributed by atoms with Crippen molar-refractivity contribution in [1.82, 2.24) is 14.9 Å². The average molecular weight is 515 g/mol. The molecule has 7 nitrogen and oxygen atoms in total. The average Bonchev–Trinajstić information content (AvgIpc) is 3.16. The van der Waals surface area contributed by atoms with Gasteiger partial charge in [-0.2, -0.15) is 4.98 Å². The zero-order valence-corrected chi connectivity index (χ0v) is 19.9. The van der Waals surface area contributed by atoms with Gasteiger partial charge in [0.25, 0.3) is 11.9 Å². The molecule has 0 radical (unpaired) electrons. The van der Waals surface area contributed by atoms with Crippen LogP contribution in [0, 0.1) is 18.8 Å². The van der Waals surface area contributed by atoms with E-state index in [9.17, 15) is 18.0 Å². The Hall–Kier alpha value is -3.60. The van der Waals surface area contributed by atoms with E-state index in [-0.39, 0.29) is 23.4 Å². The highest BCUT2D eigenvalue weighted by atomic mass is 32.1. The Morgan fingerprint density at radius 1 is 1.22 bits per heavy atom. The van der Waals surface area contributed by atoms with Gasteiger partial charge < -0.3 is 19.4 Å². The topological polar surface area (TPSA) is 80.5 Å². The summed E-state index contributed by atoms with van der Waals surface area (Å²) in [5.41, 5.74) is 2.14. The third-order valence-corrected chi connectivity index (χ3v) is 7.61. The van der Waals surface area contributed by atoms with Crippen molar-refractivity contribution >= 4 is 34.4 Å². The molecule has 6 rings (SSSR count). The van der Waals surface area contributed by atoms with Crippen LogP contribution in [0.25, 0.3) is 21.5 Å². The Kier molecular flexibility index (Phi) is 5.40. The molecule has 1 aliphatic carbocycles. The Morgan fingerprint density at radius 2 is 2.06 bits per heavy atom. The molecular weight excluding hydrogens is 493 g/mol. The molecule has 1 amide bonds. The molecule has 186 valence electrons. The van der Waals surface area contributed by atoms with Gasteiger partial charge >= 0.3 is 6.36 Å². The first-order valence-corrected chi connectivity index (χ1v) is 12.3. The highest BCUT2D eigenvalue weighted by Gasteiger charge is 2.54. The number of fused-ring (bicyclic) bond motifs is 2. The molecule has 1 saturated carbocycles. The van der Waals surface area contributed by atoms with Crippen molar-refractivity contribution in [1.29, 1.82) is 0 Å². The number of ether oxygens (including phenoxy) is 1. The molecule has 4 aromatic rings. The first kappa shape index (κ1) is 22.8. The molecule has 3 atom stereocenters. The quantitative estimate of drug-likeness (QED) is 0.354. The molecule has 1 N–H and O–H groups in total. The number of benzene rings is 2. The molecule has 1 saturated heterocycles. The van der Waals surface area contributed by atoms with Crippen LogP contribution in [0.3, 0.4) is 0 Å². The van der Waals surface area contributed by atoms with Crippen LogP contribution in [-0.4, -0.2) is 46.3 Å². The molecule has 2 fully saturated rings. The molecule has 11 heteroatoms. The van der Waals surface area contributed by atoms with Gasteiger partial charge in [-0.05, 0) is 55.0 Å². The summed E-state index contributed by atoms with van der Waals surface area (Å²) >= 11 is 1.27. The maximum Gasteiger partial charge on any atom is 0.573 e. The van der Waals surface area contributed by atoms with Gasteiger partial charge in [-0.1, -0.05) is 24.3 Å². The molecule has 3 heterocycles. The summed E-state index contributed by atoms with van der Waals surface area (Å²) in [6.45, 7) is 2.87. The van der Waals surface area contributed by atoms with Crippen molar-refractivity contribution in [2.75, 3.05) is 18.4 Å². The van der Waals surface area contributed by atoms with E-state index in [1.165, 1.54) is 29.5 Å². The van der Waals surface area contributed by atoms with Crippen molar-refractivity contribution in [3.8, 4) is 16.2 Å². The number of oxazole rings is 1. The van der Waals surface area contributed by atoms with E-state index in [4.69, 9.17) is 4.42 Å². The van der Waals surface area contributed by atoms with Gasteiger partial charge in [0.15, 0.2) is 5.58 Å². The highest BCUT2D eigenvalue weighted by molar-refractivity contribution is 7.15. The van der Waals surface area contributed by atoms with Gasteiger partial charge in [0.2, 0.25) is 0 Å². The number of carbonyl (C=O) groups excluding carboxylic acids is 1. The predicted molar refractivity (Wildman–Crippen MR) is 128 cm³/mol. The number of amides is 1. The Morgan fingerprint density at radius 3 is 2.86 bits per heavy atom. The van der Waals surface area contributed by atoms with Crippen LogP contribution >= 0.6 is 11.3 Å². The van der Waals surface area contributed by atoms with Gasteiger partial charge in [-0.15, -0.1) is 24.5 Å². The smallest absolute Gasteiger partial charge is 0.424 e. The van der Waals surface area contributed by atoms with E-state index in [2.05, 4.69) is 20.0 Å². The van der Waals surface area contributed by atoms with Crippen LogP contribution in [0.1, 0.15) is 21.9 Å². The zero-order chi connectivity index (χ0) is 25.0. The van der Waals surface area contributed by atoms with Gasteiger partial charge in [0, 0.05) is 13.1 Å². The summed E-state index contributed by atoms with van der Waals surface area (Å²) in [6, 6.07) is 13.5. The number of nitrogens with one attached hydrogen (secondary N) is 1. The van der Waals surface area contributed by atoms with Gasteiger partial charge in [0.05, 0.1) is 15.9 Å². The van der Waals surface area contributed by atoms with Crippen LogP contribution in [0.15, 0.2) is 52.9 Å². The van der Waals surface area contributed by atoms with Crippen molar-refractivity contribution in [2.24, 2.45) is 11.8 Å². The number of alkyl halides is 3. The minimum absolute atomic E-state index is 0.0627. The number of hydrogen-bond donors (Lipinski definition) is 1. The molecule has 2 aliphatic rings. The fraction of sp³-hybridized carbons (Fsp3) is 0.320. The predicted octanol–water partition coefficient (Wildman–Crippen LogP) is 5.73. The second-order valence-electron chi connectivity index (χ2n) is 9.04. The minimum atomic E-state index is -4.80. The molecular formula is C25H21F3N4O3S. The van der Waals surface area contributed by atoms with E-state index in [0.717, 1.165) is 11.9 Å². The Balaban J connectivity index is 1.24. The number of thiazole rings is 1. The fourth-order valence-electron chi connectivity index (χ4n) is 4.94. The number of hydrogen-bond acceptors (Lipinski definition) is 7. The second-order valence-corrected chi connectivity index (χ2v) is 10.2. The van der Waals surface area contributed by atoms with Crippen LogP contribution in [0.2, 0.25) is 0 Å². The number of aryl methyl sites for hydroxylation is 1. The third kappa shape index (κ3) is 4.39. The van der Waals surface area contributed by atoms with E-state index in [0.29, 0.717) is 52.0 Å². The number of carbonyl (C=O) groups is 1. The van der Waals surface area contributed by atoms with E-state index in [1.54, 1.807) is 13.0 Å². The number of anilines is 1. The molecule has 1 aliphatic heterocycles. The Bertz CT molecular complexity index is 1420. The van der Waals surface area contributed by atoms with Gasteiger partial charge in [-0.25, -0.2) is 4.98 Å². The Labute approximate surface area is 207 Å². The lowest BCUT2D eigenvalue weighted by molar-refractivity contribution is -0.274. The highest BCUT2D eigenvalue weighted by Crippen LogP contribution is 2.50. The van der Waals surface area contributed by atoms with Gasteiger partial charge in [0.1, 0.15) is 17.0 Å². The summed E-state index contributed by atoms with van der Waals surface area (Å²) in [7, 11) is 0. The number of piperidine rings is 1. The monoisotopic (exact) mass is 514 g/mol. The standard InChI is InChI=1S/C25H21F3N4O3S/c1-13-30-21(22(36-13)14-5-4-6-16(9-14)35-25(26,27)28)23(33)32-12-15-10-17(15)19(32)11-29-24-31-18-7-2-3-8-20(18)34-24/h2-9,15,17,19H,10-12H2,1H3,(H,29,31). The normalized spacial score (nSPS) is 21.0. The largest absolute Gasteiger partial charge is 0.573 e. The zero-order valence-electron chi connectivity index (χ0n) is 19.1. The summed E-state index contributed by atoms with van der Waals surface area (Å²) in [5, 5.41) is 3.89. The van der Waals surface area contributed by atoms with E-state index >= 15 is 0 Å². The number of halogens is 3. The number of nitrogens with zero attached hydrogens (tertiary/aromatic N) is 3. The number of aromatic nitrogens is 2. The van der Waals surface area contributed by atoms with Crippen molar-refractivity contribution in [2.45, 2.75) is 25.7 Å².